The Kier molecular flexibility index (Phi) is 9.10. The number of nitrogens with zero attached hydrogens (tertiary/aromatic N) is 2. The fourth-order valence-corrected chi connectivity index (χ4v) is 3.63. The van der Waals surface area contributed by atoms with Crippen molar-refractivity contribution in [1.82, 2.24) is 9.47 Å². The number of carbonyl (C=O) groups excluding carboxylic acids is 1. The summed E-state index contributed by atoms with van der Waals surface area (Å²) < 4.78 is 12.8. The van der Waals surface area contributed by atoms with E-state index >= 15 is 0 Å². The molecule has 1 atom stereocenters. The number of amides is 1. The molecule has 1 aromatic heterocycles. The number of aryl methyl sites for hydroxylation is 1. The number of unbranched alkanes of at least 4 members (excludes halogenated alkanes) is 1. The monoisotopic (exact) mass is 400 g/mol. The van der Waals surface area contributed by atoms with Gasteiger partial charge < -0.3 is 18.9 Å². The van der Waals surface area contributed by atoms with E-state index in [1.807, 2.05) is 42.4 Å². The highest BCUT2D eigenvalue weighted by Crippen LogP contribution is 2.28. The molecule has 1 amide bonds. The summed E-state index contributed by atoms with van der Waals surface area (Å²) >= 11 is 0. The van der Waals surface area contributed by atoms with Crippen molar-refractivity contribution in [2.24, 2.45) is 13.0 Å². The van der Waals surface area contributed by atoms with Crippen LogP contribution in [-0.4, -0.2) is 36.1 Å². The van der Waals surface area contributed by atoms with Gasteiger partial charge in [0, 0.05) is 31.4 Å². The van der Waals surface area contributed by atoms with Crippen LogP contribution >= 0.6 is 0 Å². The third-order valence-corrected chi connectivity index (χ3v) is 5.58. The molecular weight excluding hydrogens is 364 g/mol. The van der Waals surface area contributed by atoms with Crippen LogP contribution in [0.5, 0.6) is 11.5 Å². The van der Waals surface area contributed by atoms with Gasteiger partial charge in [-0.2, -0.15) is 0 Å². The van der Waals surface area contributed by atoms with Crippen LogP contribution in [0.25, 0.3) is 0 Å². The van der Waals surface area contributed by atoms with Crippen LogP contribution in [0.4, 0.5) is 0 Å². The Hall–Kier alpha value is -2.43. The predicted octanol–water partition coefficient (Wildman–Crippen LogP) is 4.83. The van der Waals surface area contributed by atoms with Gasteiger partial charge in [-0.15, -0.1) is 0 Å². The molecule has 29 heavy (non-hydrogen) atoms. The molecule has 5 nitrogen and oxygen atoms in total. The Morgan fingerprint density at radius 2 is 1.90 bits per heavy atom. The van der Waals surface area contributed by atoms with Gasteiger partial charge in [0.15, 0.2) is 11.5 Å². The van der Waals surface area contributed by atoms with Crippen molar-refractivity contribution < 1.29 is 14.3 Å². The van der Waals surface area contributed by atoms with Crippen LogP contribution in [0.3, 0.4) is 0 Å². The molecule has 0 bridgehead atoms. The van der Waals surface area contributed by atoms with Crippen molar-refractivity contribution in [3.05, 3.63) is 47.8 Å². The van der Waals surface area contributed by atoms with Crippen molar-refractivity contribution in [3.8, 4) is 11.5 Å². The lowest BCUT2D eigenvalue weighted by Gasteiger charge is -2.27. The van der Waals surface area contributed by atoms with E-state index in [4.69, 9.17) is 9.47 Å². The summed E-state index contributed by atoms with van der Waals surface area (Å²) in [5.74, 6) is 1.81. The zero-order valence-corrected chi connectivity index (χ0v) is 18.6. The van der Waals surface area contributed by atoms with Crippen molar-refractivity contribution >= 4 is 5.91 Å². The van der Waals surface area contributed by atoms with E-state index in [0.29, 0.717) is 13.1 Å². The normalized spacial score (nSPS) is 11.9. The summed E-state index contributed by atoms with van der Waals surface area (Å²) in [5, 5.41) is 0. The summed E-state index contributed by atoms with van der Waals surface area (Å²) in [6.07, 6.45) is 6.87. The van der Waals surface area contributed by atoms with Crippen molar-refractivity contribution in [3.63, 3.8) is 0 Å². The molecule has 1 aromatic carbocycles. The molecule has 0 aliphatic carbocycles. The quantitative estimate of drug-likeness (QED) is 0.512. The summed E-state index contributed by atoms with van der Waals surface area (Å²) in [6.45, 7) is 5.61. The first kappa shape index (κ1) is 22.9. The van der Waals surface area contributed by atoms with Crippen LogP contribution in [0.15, 0.2) is 36.5 Å². The van der Waals surface area contributed by atoms with E-state index in [-0.39, 0.29) is 11.8 Å². The predicted molar refractivity (Wildman–Crippen MR) is 117 cm³/mol. The summed E-state index contributed by atoms with van der Waals surface area (Å²) in [4.78, 5) is 15.4. The van der Waals surface area contributed by atoms with Gasteiger partial charge in [-0.1, -0.05) is 32.8 Å². The Morgan fingerprint density at radius 1 is 1.14 bits per heavy atom. The summed E-state index contributed by atoms with van der Waals surface area (Å²) in [5.41, 5.74) is 2.28. The van der Waals surface area contributed by atoms with E-state index in [1.54, 1.807) is 14.2 Å². The lowest BCUT2D eigenvalue weighted by Crippen LogP contribution is -2.37. The van der Waals surface area contributed by atoms with Gasteiger partial charge in [-0.3, -0.25) is 4.79 Å². The Bertz CT molecular complexity index is 769. The third kappa shape index (κ3) is 6.28. The van der Waals surface area contributed by atoms with Crippen LogP contribution in [-0.2, 0) is 24.8 Å². The smallest absolute Gasteiger partial charge is 0.226 e. The number of ether oxygens (including phenoxy) is 2. The number of rotatable bonds is 12. The lowest BCUT2D eigenvalue weighted by molar-refractivity contribution is -0.136. The molecule has 0 aliphatic heterocycles. The van der Waals surface area contributed by atoms with Crippen molar-refractivity contribution in [2.75, 3.05) is 20.8 Å². The van der Waals surface area contributed by atoms with Gasteiger partial charge in [0.1, 0.15) is 0 Å². The molecule has 0 spiro atoms. The second-order valence-corrected chi connectivity index (χ2v) is 7.56. The molecule has 0 aliphatic rings. The van der Waals surface area contributed by atoms with E-state index in [1.165, 1.54) is 0 Å². The molecular formula is C24H36N2O3. The van der Waals surface area contributed by atoms with E-state index in [0.717, 1.165) is 54.9 Å². The maximum atomic E-state index is 13.3. The standard InChI is InChI=1S/C24H36N2O3/c1-6-8-10-20(7-2)24(27)26(18-21-11-9-15-25(21)3)16-14-19-12-13-22(28-4)23(17-19)29-5/h9,11-13,15,17,20H,6-8,10,14,16,18H2,1-5H3. The topological polar surface area (TPSA) is 43.7 Å². The molecule has 5 heteroatoms. The van der Waals surface area contributed by atoms with E-state index in [2.05, 4.69) is 24.5 Å². The van der Waals surface area contributed by atoms with Gasteiger partial charge in [0.2, 0.25) is 5.91 Å². The SMILES string of the molecule is CCCCC(CC)C(=O)N(CCc1ccc(OC)c(OC)c1)Cc1cccn1C. The highest BCUT2D eigenvalue weighted by atomic mass is 16.5. The zero-order chi connectivity index (χ0) is 21.2. The van der Waals surface area contributed by atoms with Crippen molar-refractivity contribution in [1.29, 1.82) is 0 Å². The van der Waals surface area contributed by atoms with Gasteiger partial charge >= 0.3 is 0 Å². The number of benzene rings is 1. The fraction of sp³-hybridized carbons (Fsp3) is 0.542. The Balaban J connectivity index is 2.16. The number of methoxy groups -OCH3 is 2. The first-order valence-corrected chi connectivity index (χ1v) is 10.6. The zero-order valence-electron chi connectivity index (χ0n) is 18.6. The third-order valence-electron chi connectivity index (χ3n) is 5.58. The van der Waals surface area contributed by atoms with E-state index in [9.17, 15) is 4.79 Å². The van der Waals surface area contributed by atoms with Crippen LogP contribution in [0.1, 0.15) is 50.8 Å². The van der Waals surface area contributed by atoms with Crippen LogP contribution in [0.2, 0.25) is 0 Å². The molecule has 160 valence electrons. The highest BCUT2D eigenvalue weighted by molar-refractivity contribution is 5.78. The maximum Gasteiger partial charge on any atom is 0.226 e. The van der Waals surface area contributed by atoms with Crippen molar-refractivity contribution in [2.45, 2.75) is 52.5 Å². The van der Waals surface area contributed by atoms with Gasteiger partial charge in [0.05, 0.1) is 20.8 Å². The molecule has 0 radical (unpaired) electrons. The largest absolute Gasteiger partial charge is 0.493 e. The maximum absolute atomic E-state index is 13.3. The fourth-order valence-electron chi connectivity index (χ4n) is 3.63. The molecule has 2 aromatic rings. The summed E-state index contributed by atoms with van der Waals surface area (Å²) in [6, 6.07) is 10.1. The minimum Gasteiger partial charge on any atom is -0.493 e. The van der Waals surface area contributed by atoms with E-state index < -0.39 is 0 Å². The molecule has 1 unspecified atom stereocenters. The Labute approximate surface area is 175 Å². The Morgan fingerprint density at radius 3 is 2.48 bits per heavy atom. The number of hydrogen-bond donors (Lipinski definition) is 0. The highest BCUT2D eigenvalue weighted by Gasteiger charge is 2.23. The van der Waals surface area contributed by atoms with Gasteiger partial charge in [-0.25, -0.2) is 0 Å². The minimum absolute atomic E-state index is 0.0978. The second-order valence-electron chi connectivity index (χ2n) is 7.56. The lowest BCUT2D eigenvalue weighted by atomic mass is 9.97. The minimum atomic E-state index is 0.0978. The average molecular weight is 401 g/mol. The molecule has 0 saturated carbocycles. The first-order chi connectivity index (χ1) is 14.0. The van der Waals surface area contributed by atoms with Crippen LogP contribution in [0, 0.1) is 5.92 Å². The molecule has 1 heterocycles. The number of aromatic nitrogens is 1. The molecule has 2 rings (SSSR count). The summed E-state index contributed by atoms with van der Waals surface area (Å²) in [7, 11) is 5.31. The van der Waals surface area contributed by atoms with Gasteiger partial charge in [0.25, 0.3) is 0 Å². The van der Waals surface area contributed by atoms with Crippen LogP contribution < -0.4 is 9.47 Å². The van der Waals surface area contributed by atoms with Gasteiger partial charge in [-0.05, 0) is 49.1 Å². The molecule has 0 saturated heterocycles. The number of hydrogen-bond acceptors (Lipinski definition) is 3. The molecule has 0 fully saturated rings. The second kappa shape index (κ2) is 11.5. The number of carbonyl (C=O) groups is 1. The average Bonchev–Trinajstić information content (AvgIpc) is 3.15. The molecule has 0 N–H and O–H groups in total. The first-order valence-electron chi connectivity index (χ1n) is 10.6.